The van der Waals surface area contributed by atoms with E-state index in [2.05, 4.69) is 0 Å². The van der Waals surface area contributed by atoms with E-state index < -0.39 is 5.97 Å². The van der Waals surface area contributed by atoms with Crippen LogP contribution in [0.15, 0.2) is 0 Å². The second-order valence-corrected chi connectivity index (χ2v) is 3.91. The highest BCUT2D eigenvalue weighted by Gasteiger charge is 2.31. The number of carboxylic acid groups (broad SMARTS) is 1. The van der Waals surface area contributed by atoms with Gasteiger partial charge in [0, 0.05) is 25.7 Å². The maximum Gasteiger partial charge on any atom is 0.320 e. The molecule has 0 aromatic heterocycles. The quantitative estimate of drug-likeness (QED) is 0.742. The minimum absolute atomic E-state index is 0.0195. The van der Waals surface area contributed by atoms with Gasteiger partial charge in [-0.3, -0.25) is 4.79 Å². The summed E-state index contributed by atoms with van der Waals surface area (Å²) in [5.74, 6) is -0.857. The lowest BCUT2D eigenvalue weighted by Gasteiger charge is -2.23. The van der Waals surface area contributed by atoms with Gasteiger partial charge in [-0.1, -0.05) is 6.92 Å². The fourth-order valence-corrected chi connectivity index (χ4v) is 1.85. The summed E-state index contributed by atoms with van der Waals surface area (Å²) >= 11 is 0. The van der Waals surface area contributed by atoms with Gasteiger partial charge in [-0.25, -0.2) is 4.79 Å². The third-order valence-electron chi connectivity index (χ3n) is 2.62. The van der Waals surface area contributed by atoms with Gasteiger partial charge in [0.1, 0.15) is 0 Å². The first kappa shape index (κ1) is 11.8. The molecule has 86 valence electrons. The van der Waals surface area contributed by atoms with Gasteiger partial charge < -0.3 is 14.9 Å². The standard InChI is InChI=1S/C10H18N2O3/c1-3-4-11-5-6-12(10(11)15)8(2)7-9(13)14/h8H,3-7H2,1-2H3,(H,13,14)/t8-/m1/s1. The highest BCUT2D eigenvalue weighted by atomic mass is 16.4. The van der Waals surface area contributed by atoms with Crippen molar-refractivity contribution in [2.24, 2.45) is 0 Å². The lowest BCUT2D eigenvalue weighted by Crippen LogP contribution is -2.39. The molecule has 1 aliphatic heterocycles. The molecule has 0 unspecified atom stereocenters. The second kappa shape index (κ2) is 5.00. The molecule has 1 fully saturated rings. The van der Waals surface area contributed by atoms with Crippen LogP contribution in [0, 0.1) is 0 Å². The van der Waals surface area contributed by atoms with E-state index in [4.69, 9.17) is 5.11 Å². The maximum absolute atomic E-state index is 11.8. The Kier molecular flexibility index (Phi) is 3.94. The highest BCUT2D eigenvalue weighted by molar-refractivity contribution is 5.77. The fraction of sp³-hybridized carbons (Fsp3) is 0.800. The molecule has 1 heterocycles. The summed E-state index contributed by atoms with van der Waals surface area (Å²) in [7, 11) is 0. The number of carbonyl (C=O) groups excluding carboxylic acids is 1. The van der Waals surface area contributed by atoms with Gasteiger partial charge in [-0.2, -0.15) is 0 Å². The first-order valence-corrected chi connectivity index (χ1v) is 5.33. The normalized spacial score (nSPS) is 18.4. The monoisotopic (exact) mass is 214 g/mol. The molecular weight excluding hydrogens is 196 g/mol. The SMILES string of the molecule is CCCN1CCN([C@H](C)CC(=O)O)C1=O. The van der Waals surface area contributed by atoms with Crippen molar-refractivity contribution in [1.29, 1.82) is 0 Å². The van der Waals surface area contributed by atoms with Gasteiger partial charge in [0.05, 0.1) is 6.42 Å². The van der Waals surface area contributed by atoms with Crippen LogP contribution in [-0.4, -0.2) is 52.6 Å². The van der Waals surface area contributed by atoms with Crippen LogP contribution < -0.4 is 0 Å². The Morgan fingerprint density at radius 2 is 2.20 bits per heavy atom. The number of amides is 2. The van der Waals surface area contributed by atoms with E-state index in [0.717, 1.165) is 19.5 Å². The smallest absolute Gasteiger partial charge is 0.320 e. The lowest BCUT2D eigenvalue weighted by molar-refractivity contribution is -0.137. The zero-order chi connectivity index (χ0) is 11.4. The number of urea groups is 1. The van der Waals surface area contributed by atoms with Gasteiger partial charge in [-0.05, 0) is 13.3 Å². The third-order valence-corrected chi connectivity index (χ3v) is 2.62. The average Bonchev–Trinajstić information content (AvgIpc) is 2.48. The molecule has 5 nitrogen and oxygen atoms in total. The number of rotatable bonds is 5. The molecule has 5 heteroatoms. The third kappa shape index (κ3) is 2.84. The predicted octanol–water partition coefficient (Wildman–Crippen LogP) is 0.997. The summed E-state index contributed by atoms with van der Waals surface area (Å²) < 4.78 is 0. The summed E-state index contributed by atoms with van der Waals surface area (Å²) in [4.78, 5) is 25.7. The predicted molar refractivity (Wildman–Crippen MR) is 55.7 cm³/mol. The van der Waals surface area contributed by atoms with E-state index in [1.165, 1.54) is 0 Å². The van der Waals surface area contributed by atoms with Crippen molar-refractivity contribution < 1.29 is 14.7 Å². The molecule has 0 spiro atoms. The molecule has 15 heavy (non-hydrogen) atoms. The minimum Gasteiger partial charge on any atom is -0.481 e. The topological polar surface area (TPSA) is 60.9 Å². The van der Waals surface area contributed by atoms with Gasteiger partial charge in [0.2, 0.25) is 0 Å². The Balaban J connectivity index is 2.51. The number of aliphatic carboxylic acids is 1. The van der Waals surface area contributed by atoms with E-state index in [-0.39, 0.29) is 18.5 Å². The molecular formula is C10H18N2O3. The number of nitrogens with zero attached hydrogens (tertiary/aromatic N) is 2. The molecule has 1 rings (SSSR count). The van der Waals surface area contributed by atoms with Crippen LogP contribution in [0.1, 0.15) is 26.7 Å². The molecule has 2 amide bonds. The van der Waals surface area contributed by atoms with Crippen LogP contribution in [0.3, 0.4) is 0 Å². The first-order valence-electron chi connectivity index (χ1n) is 5.33. The molecule has 0 aliphatic carbocycles. The van der Waals surface area contributed by atoms with E-state index in [1.54, 1.807) is 16.7 Å². The maximum atomic E-state index is 11.8. The summed E-state index contributed by atoms with van der Waals surface area (Å²) in [6, 6.07) is -0.234. The molecule has 0 radical (unpaired) electrons. The molecule has 1 saturated heterocycles. The van der Waals surface area contributed by atoms with Crippen molar-refractivity contribution in [2.75, 3.05) is 19.6 Å². The zero-order valence-corrected chi connectivity index (χ0v) is 9.27. The Hall–Kier alpha value is -1.26. The van der Waals surface area contributed by atoms with Crippen molar-refractivity contribution in [3.63, 3.8) is 0 Å². The van der Waals surface area contributed by atoms with Crippen molar-refractivity contribution in [3.8, 4) is 0 Å². The summed E-state index contributed by atoms with van der Waals surface area (Å²) in [5.41, 5.74) is 0. The largest absolute Gasteiger partial charge is 0.481 e. The van der Waals surface area contributed by atoms with Crippen LogP contribution in [0.4, 0.5) is 4.79 Å². The van der Waals surface area contributed by atoms with E-state index >= 15 is 0 Å². The fourth-order valence-electron chi connectivity index (χ4n) is 1.85. The average molecular weight is 214 g/mol. The molecule has 1 atom stereocenters. The Bertz CT molecular complexity index is 255. The molecule has 0 saturated carbocycles. The summed E-state index contributed by atoms with van der Waals surface area (Å²) in [5, 5.41) is 8.65. The van der Waals surface area contributed by atoms with E-state index in [0.29, 0.717) is 6.54 Å². The number of hydrogen-bond donors (Lipinski definition) is 1. The van der Waals surface area contributed by atoms with Crippen LogP contribution in [0.5, 0.6) is 0 Å². The van der Waals surface area contributed by atoms with Crippen LogP contribution in [0.25, 0.3) is 0 Å². The molecule has 0 bridgehead atoms. The zero-order valence-electron chi connectivity index (χ0n) is 9.27. The Morgan fingerprint density at radius 1 is 1.53 bits per heavy atom. The van der Waals surface area contributed by atoms with Gasteiger partial charge in [0.15, 0.2) is 0 Å². The highest BCUT2D eigenvalue weighted by Crippen LogP contribution is 2.14. The van der Waals surface area contributed by atoms with E-state index in [1.807, 2.05) is 6.92 Å². The van der Waals surface area contributed by atoms with Crippen molar-refractivity contribution >= 4 is 12.0 Å². The van der Waals surface area contributed by atoms with Crippen LogP contribution in [0.2, 0.25) is 0 Å². The van der Waals surface area contributed by atoms with Gasteiger partial charge in [0.25, 0.3) is 0 Å². The molecule has 1 aliphatic rings. The Labute approximate surface area is 89.7 Å². The summed E-state index contributed by atoms with van der Waals surface area (Å²) in [6.07, 6.45) is 0.957. The van der Waals surface area contributed by atoms with Gasteiger partial charge in [-0.15, -0.1) is 0 Å². The number of carbonyl (C=O) groups is 2. The van der Waals surface area contributed by atoms with Crippen LogP contribution >= 0.6 is 0 Å². The van der Waals surface area contributed by atoms with Gasteiger partial charge >= 0.3 is 12.0 Å². The van der Waals surface area contributed by atoms with Crippen molar-refractivity contribution in [3.05, 3.63) is 0 Å². The van der Waals surface area contributed by atoms with E-state index in [9.17, 15) is 9.59 Å². The van der Waals surface area contributed by atoms with Crippen LogP contribution in [-0.2, 0) is 4.79 Å². The summed E-state index contributed by atoms with van der Waals surface area (Å²) in [6.45, 7) is 5.93. The second-order valence-electron chi connectivity index (χ2n) is 3.91. The lowest BCUT2D eigenvalue weighted by atomic mass is 10.2. The molecule has 1 N–H and O–H groups in total. The van der Waals surface area contributed by atoms with Crippen molar-refractivity contribution in [1.82, 2.24) is 9.80 Å². The number of hydrogen-bond acceptors (Lipinski definition) is 2. The molecule has 0 aromatic carbocycles. The number of carboxylic acids is 1. The van der Waals surface area contributed by atoms with Crippen molar-refractivity contribution in [2.45, 2.75) is 32.7 Å². The molecule has 0 aromatic rings. The minimum atomic E-state index is -0.857. The first-order chi connectivity index (χ1) is 7.06. The Morgan fingerprint density at radius 3 is 2.73 bits per heavy atom.